The highest BCUT2D eigenvalue weighted by molar-refractivity contribution is 9.10. The smallest absolute Gasteiger partial charge is 0.271 e. The third-order valence-corrected chi connectivity index (χ3v) is 6.79. The van der Waals surface area contributed by atoms with Gasteiger partial charge in [0.25, 0.3) is 5.91 Å². The van der Waals surface area contributed by atoms with Gasteiger partial charge < -0.3 is 4.42 Å². The van der Waals surface area contributed by atoms with Crippen LogP contribution in [0.5, 0.6) is 0 Å². The van der Waals surface area contributed by atoms with Crippen LogP contribution in [0.15, 0.2) is 85.5 Å². The summed E-state index contributed by atoms with van der Waals surface area (Å²) in [7, 11) is 0. The van der Waals surface area contributed by atoms with E-state index in [1.54, 1.807) is 11.0 Å². The molecule has 0 atom stereocenters. The second-order valence-corrected chi connectivity index (χ2v) is 9.88. The zero-order valence-corrected chi connectivity index (χ0v) is 19.9. The Morgan fingerprint density at radius 1 is 1.03 bits per heavy atom. The number of aromatic nitrogens is 2. The number of furan rings is 1. The Morgan fingerprint density at radius 2 is 1.81 bits per heavy atom. The Labute approximate surface area is 200 Å². The molecule has 0 radical (unpaired) electrons. The van der Waals surface area contributed by atoms with E-state index in [0.717, 1.165) is 26.5 Å². The molecule has 3 heterocycles. The van der Waals surface area contributed by atoms with Crippen LogP contribution >= 0.6 is 39.0 Å². The first-order chi connectivity index (χ1) is 15.6. The van der Waals surface area contributed by atoms with E-state index in [0.29, 0.717) is 21.0 Å². The van der Waals surface area contributed by atoms with Gasteiger partial charge in [0.05, 0.1) is 10.6 Å². The summed E-state index contributed by atoms with van der Waals surface area (Å²) in [6.45, 7) is 1.87. The summed E-state index contributed by atoms with van der Waals surface area (Å²) < 4.78 is 6.98. The number of amides is 1. The molecule has 0 bridgehead atoms. The molecule has 1 amide bonds. The highest BCUT2D eigenvalue weighted by Crippen LogP contribution is 2.38. The van der Waals surface area contributed by atoms with Gasteiger partial charge in [0.1, 0.15) is 16.5 Å². The summed E-state index contributed by atoms with van der Waals surface area (Å²) in [5.74, 6) is 1.17. The number of para-hydroxylation sites is 1. The number of carbonyl (C=O) groups excluding carboxylic acids is 1. The van der Waals surface area contributed by atoms with Crippen LogP contribution in [0.25, 0.3) is 17.4 Å². The molecule has 2 aromatic carbocycles. The lowest BCUT2D eigenvalue weighted by atomic mass is 10.2. The van der Waals surface area contributed by atoms with Crippen molar-refractivity contribution in [3.63, 3.8) is 0 Å². The minimum Gasteiger partial charge on any atom is -0.457 e. The van der Waals surface area contributed by atoms with Gasteiger partial charge in [-0.1, -0.05) is 57.6 Å². The second kappa shape index (κ2) is 8.85. The number of rotatable bonds is 4. The lowest BCUT2D eigenvalue weighted by Gasteiger charge is -2.14. The van der Waals surface area contributed by atoms with Gasteiger partial charge in [-0.2, -0.15) is 4.99 Å². The highest BCUT2D eigenvalue weighted by Gasteiger charge is 2.35. The van der Waals surface area contributed by atoms with E-state index >= 15 is 0 Å². The fourth-order valence-corrected chi connectivity index (χ4v) is 4.94. The fourth-order valence-electron chi connectivity index (χ4n) is 3.10. The van der Waals surface area contributed by atoms with Crippen molar-refractivity contribution >= 4 is 67.0 Å². The normalized spacial score (nSPS) is 16.4. The maximum Gasteiger partial charge on any atom is 0.271 e. The third kappa shape index (κ3) is 4.32. The molecule has 5 rings (SSSR count). The maximum atomic E-state index is 13.3. The van der Waals surface area contributed by atoms with E-state index in [4.69, 9.17) is 4.42 Å². The number of aliphatic imine (C=N–C) groups is 1. The van der Waals surface area contributed by atoms with E-state index in [1.807, 2.05) is 73.7 Å². The molecule has 0 spiro atoms. The van der Waals surface area contributed by atoms with Gasteiger partial charge in [-0.15, -0.1) is 10.2 Å². The van der Waals surface area contributed by atoms with Crippen LogP contribution < -0.4 is 4.90 Å². The Balaban J connectivity index is 1.49. The Morgan fingerprint density at radius 3 is 2.53 bits per heavy atom. The first-order valence-corrected chi connectivity index (χ1v) is 12.0. The average Bonchev–Trinajstić information content (AvgIpc) is 3.50. The van der Waals surface area contributed by atoms with Crippen LogP contribution in [-0.2, 0) is 4.79 Å². The molecule has 6 nitrogen and oxygen atoms in total. The number of carbonyl (C=O) groups is 1. The number of hydrogen-bond donors (Lipinski definition) is 0. The van der Waals surface area contributed by atoms with E-state index in [1.165, 1.54) is 23.1 Å². The molecule has 0 N–H and O–H groups in total. The molecule has 1 aliphatic heterocycles. The Hall–Kier alpha value is -3.01. The first kappa shape index (κ1) is 20.9. The van der Waals surface area contributed by atoms with Crippen LogP contribution in [0.3, 0.4) is 0 Å². The van der Waals surface area contributed by atoms with Crippen LogP contribution in [0.4, 0.5) is 10.8 Å². The third-order valence-electron chi connectivity index (χ3n) is 4.56. The summed E-state index contributed by atoms with van der Waals surface area (Å²) in [6, 6.07) is 21.1. The second-order valence-electron chi connectivity index (χ2n) is 6.79. The van der Waals surface area contributed by atoms with Gasteiger partial charge in [-0.05, 0) is 55.1 Å². The number of halogens is 1. The monoisotopic (exact) mass is 522 g/mol. The van der Waals surface area contributed by atoms with Crippen molar-refractivity contribution in [1.29, 1.82) is 0 Å². The van der Waals surface area contributed by atoms with Crippen LogP contribution in [0, 0.1) is 6.92 Å². The molecule has 0 saturated carbocycles. The van der Waals surface area contributed by atoms with Crippen molar-refractivity contribution in [2.75, 3.05) is 4.90 Å². The van der Waals surface area contributed by atoms with Crippen LogP contribution in [0.1, 0.15) is 10.8 Å². The van der Waals surface area contributed by atoms with Crippen molar-refractivity contribution in [3.05, 3.63) is 86.9 Å². The molecule has 9 heteroatoms. The van der Waals surface area contributed by atoms with Crippen LogP contribution in [-0.4, -0.2) is 21.3 Å². The van der Waals surface area contributed by atoms with Gasteiger partial charge in [0.2, 0.25) is 5.13 Å². The number of thioether (sulfide) groups is 1. The summed E-state index contributed by atoms with van der Waals surface area (Å²) in [4.78, 5) is 20.0. The summed E-state index contributed by atoms with van der Waals surface area (Å²) in [5.41, 5.74) is 1.70. The lowest BCUT2D eigenvalue weighted by Crippen LogP contribution is -2.28. The standard InChI is InChI=1S/C23H15BrN4O2S2/c1-14-26-27-22(31-14)25-23-28(17-5-3-2-4-6-17)21(29)20(32-23)13-18-11-12-19(30-18)15-7-9-16(24)10-8-15/h2-13H,1H3/b20-13+,25-23+. The number of benzene rings is 2. The summed E-state index contributed by atoms with van der Waals surface area (Å²) in [5, 5.41) is 9.95. The van der Waals surface area contributed by atoms with Crippen molar-refractivity contribution < 1.29 is 9.21 Å². The number of hydrogen-bond acceptors (Lipinski definition) is 7. The van der Waals surface area contributed by atoms with Crippen molar-refractivity contribution in [1.82, 2.24) is 10.2 Å². The molecule has 1 aliphatic rings. The molecule has 0 unspecified atom stereocenters. The SMILES string of the molecule is Cc1nnc(/N=C2/S/C(=C/c3ccc(-c4ccc(Br)cc4)o3)C(=O)N2c2ccccc2)s1. The van der Waals surface area contributed by atoms with E-state index in [2.05, 4.69) is 31.1 Å². The number of amidine groups is 1. The zero-order chi connectivity index (χ0) is 22.1. The Kier molecular flexibility index (Phi) is 5.77. The Bertz CT molecular complexity index is 1340. The zero-order valence-electron chi connectivity index (χ0n) is 16.7. The predicted octanol–water partition coefficient (Wildman–Crippen LogP) is 6.68. The number of nitrogens with zero attached hydrogens (tertiary/aromatic N) is 4. The molecule has 1 fully saturated rings. The quantitative estimate of drug-likeness (QED) is 0.279. The van der Waals surface area contributed by atoms with Gasteiger partial charge in [-0.25, -0.2) is 0 Å². The lowest BCUT2D eigenvalue weighted by molar-refractivity contribution is -0.113. The van der Waals surface area contributed by atoms with Crippen molar-refractivity contribution in [2.24, 2.45) is 4.99 Å². The molecular formula is C23H15BrN4O2S2. The van der Waals surface area contributed by atoms with Gasteiger partial charge in [0.15, 0.2) is 5.17 Å². The van der Waals surface area contributed by atoms with Crippen molar-refractivity contribution in [3.8, 4) is 11.3 Å². The summed E-state index contributed by atoms with van der Waals surface area (Å²) >= 11 is 6.11. The first-order valence-electron chi connectivity index (χ1n) is 9.60. The van der Waals surface area contributed by atoms with E-state index in [9.17, 15) is 4.79 Å². The van der Waals surface area contributed by atoms with Crippen molar-refractivity contribution in [2.45, 2.75) is 6.92 Å². The average molecular weight is 523 g/mol. The molecular weight excluding hydrogens is 508 g/mol. The minimum absolute atomic E-state index is 0.164. The van der Waals surface area contributed by atoms with Gasteiger partial charge >= 0.3 is 0 Å². The topological polar surface area (TPSA) is 71.6 Å². The van der Waals surface area contributed by atoms with E-state index < -0.39 is 0 Å². The van der Waals surface area contributed by atoms with Gasteiger partial charge in [0, 0.05) is 16.1 Å². The van der Waals surface area contributed by atoms with Crippen LogP contribution in [0.2, 0.25) is 0 Å². The largest absolute Gasteiger partial charge is 0.457 e. The molecule has 1 saturated heterocycles. The molecule has 32 heavy (non-hydrogen) atoms. The minimum atomic E-state index is -0.164. The molecule has 4 aromatic rings. The number of aryl methyl sites for hydroxylation is 1. The highest BCUT2D eigenvalue weighted by atomic mass is 79.9. The molecule has 2 aromatic heterocycles. The summed E-state index contributed by atoms with van der Waals surface area (Å²) in [6.07, 6.45) is 1.75. The predicted molar refractivity (Wildman–Crippen MR) is 133 cm³/mol. The molecule has 158 valence electrons. The fraction of sp³-hybridized carbons (Fsp3) is 0.0435. The maximum absolute atomic E-state index is 13.3. The molecule has 0 aliphatic carbocycles. The van der Waals surface area contributed by atoms with Gasteiger partial charge in [-0.3, -0.25) is 9.69 Å². The van der Waals surface area contributed by atoms with E-state index in [-0.39, 0.29) is 5.91 Å². The number of anilines is 1.